The molecule has 0 bridgehead atoms. The second kappa shape index (κ2) is 11.3. The van der Waals surface area contributed by atoms with Crippen molar-refractivity contribution in [2.45, 2.75) is 33.2 Å². The van der Waals surface area contributed by atoms with Gasteiger partial charge >= 0.3 is 6.18 Å². The molecule has 2 rings (SSSR count). The second-order valence-electron chi connectivity index (χ2n) is 6.27. The minimum absolute atomic E-state index is 0.108. The summed E-state index contributed by atoms with van der Waals surface area (Å²) in [4.78, 5) is 4.30. The van der Waals surface area contributed by atoms with Crippen LogP contribution in [0.1, 0.15) is 25.0 Å². The Morgan fingerprint density at radius 3 is 2.30 bits per heavy atom. The van der Waals surface area contributed by atoms with Crippen LogP contribution < -0.4 is 20.5 Å². The summed E-state index contributed by atoms with van der Waals surface area (Å²) in [6, 6.07) is 12.3. The number of halogens is 3. The van der Waals surface area contributed by atoms with E-state index in [1.54, 1.807) is 36.4 Å². The number of aliphatic imine (C=N–C) groups is 1. The van der Waals surface area contributed by atoms with Gasteiger partial charge in [0.05, 0.1) is 32.1 Å². The van der Waals surface area contributed by atoms with Gasteiger partial charge in [0.25, 0.3) is 0 Å². The summed E-state index contributed by atoms with van der Waals surface area (Å²) in [6.45, 7) is 3.74. The van der Waals surface area contributed by atoms with Crippen LogP contribution in [0.3, 0.4) is 0 Å². The zero-order valence-electron chi connectivity index (χ0n) is 17.0. The second-order valence-corrected chi connectivity index (χ2v) is 6.27. The summed E-state index contributed by atoms with van der Waals surface area (Å²) in [7, 11) is 0. The average Bonchev–Trinajstić information content (AvgIpc) is 2.69. The molecule has 164 valence electrons. The van der Waals surface area contributed by atoms with E-state index in [2.05, 4.69) is 15.0 Å². The SMILES string of the molecule is CCOc1ccc(OCC)c(NC(N)=NCc2ccc(COCC(F)(F)F)cc2)c1. The van der Waals surface area contributed by atoms with Crippen LogP contribution in [-0.4, -0.2) is 32.0 Å². The Bertz CT molecular complexity index is 824. The van der Waals surface area contributed by atoms with Crippen LogP contribution in [0.25, 0.3) is 0 Å². The first kappa shape index (κ1) is 23.3. The molecule has 0 saturated carbocycles. The molecular weight excluding hydrogens is 399 g/mol. The molecule has 0 atom stereocenters. The fraction of sp³-hybridized carbons (Fsp3) is 0.381. The molecule has 0 aliphatic carbocycles. The quantitative estimate of drug-likeness (QED) is 0.433. The lowest BCUT2D eigenvalue weighted by Crippen LogP contribution is -2.23. The van der Waals surface area contributed by atoms with E-state index in [4.69, 9.17) is 15.2 Å². The topological polar surface area (TPSA) is 78.1 Å². The van der Waals surface area contributed by atoms with Crippen LogP contribution in [0.2, 0.25) is 0 Å². The molecule has 2 aromatic carbocycles. The van der Waals surface area contributed by atoms with E-state index in [0.717, 1.165) is 5.56 Å². The van der Waals surface area contributed by atoms with Crippen LogP contribution in [-0.2, 0) is 17.9 Å². The van der Waals surface area contributed by atoms with Crippen molar-refractivity contribution >= 4 is 11.6 Å². The number of hydrogen-bond acceptors (Lipinski definition) is 4. The standard InChI is InChI=1S/C21H26F3N3O3/c1-3-29-17-9-10-19(30-4-2)18(11-17)27-20(25)26-12-15-5-7-16(8-6-15)13-28-14-21(22,23)24/h5-11H,3-4,12-14H2,1-2H3,(H3,25,26,27). The summed E-state index contributed by atoms with van der Waals surface area (Å²) in [6.07, 6.45) is -4.33. The molecule has 0 aliphatic heterocycles. The van der Waals surface area contributed by atoms with Crippen LogP contribution in [0.5, 0.6) is 11.5 Å². The van der Waals surface area contributed by atoms with Crippen LogP contribution in [0.15, 0.2) is 47.5 Å². The minimum Gasteiger partial charge on any atom is -0.494 e. The lowest BCUT2D eigenvalue weighted by Gasteiger charge is -2.14. The highest BCUT2D eigenvalue weighted by Crippen LogP contribution is 2.29. The summed E-state index contributed by atoms with van der Waals surface area (Å²) < 4.78 is 52.1. The Balaban J connectivity index is 1.95. The van der Waals surface area contributed by atoms with Gasteiger partial charge in [-0.25, -0.2) is 4.99 Å². The third-order valence-electron chi connectivity index (χ3n) is 3.81. The predicted octanol–water partition coefficient (Wildman–Crippen LogP) is 4.49. The van der Waals surface area contributed by atoms with Crippen LogP contribution in [0, 0.1) is 0 Å². The maximum atomic E-state index is 12.1. The average molecular weight is 425 g/mol. The van der Waals surface area contributed by atoms with Crippen molar-refractivity contribution in [3.05, 3.63) is 53.6 Å². The van der Waals surface area contributed by atoms with Crippen LogP contribution >= 0.6 is 0 Å². The zero-order valence-corrected chi connectivity index (χ0v) is 17.0. The number of anilines is 1. The van der Waals surface area contributed by atoms with Crippen molar-refractivity contribution < 1.29 is 27.4 Å². The van der Waals surface area contributed by atoms with E-state index in [-0.39, 0.29) is 12.6 Å². The van der Waals surface area contributed by atoms with E-state index >= 15 is 0 Å². The van der Waals surface area contributed by atoms with Gasteiger partial charge in [-0.2, -0.15) is 13.2 Å². The van der Waals surface area contributed by atoms with Gasteiger partial charge in [-0.05, 0) is 37.1 Å². The molecule has 0 spiro atoms. The molecule has 30 heavy (non-hydrogen) atoms. The van der Waals surface area contributed by atoms with Crippen molar-refractivity contribution in [2.75, 3.05) is 25.1 Å². The molecule has 0 saturated heterocycles. The summed E-state index contributed by atoms with van der Waals surface area (Å²) in [5.41, 5.74) is 8.13. The van der Waals surface area contributed by atoms with Gasteiger partial charge in [-0.1, -0.05) is 24.3 Å². The number of alkyl halides is 3. The van der Waals surface area contributed by atoms with Gasteiger partial charge in [0.15, 0.2) is 5.96 Å². The smallest absolute Gasteiger partial charge is 0.411 e. The zero-order chi connectivity index (χ0) is 22.0. The van der Waals surface area contributed by atoms with E-state index in [9.17, 15) is 13.2 Å². The van der Waals surface area contributed by atoms with E-state index < -0.39 is 12.8 Å². The molecule has 6 nitrogen and oxygen atoms in total. The number of benzene rings is 2. The lowest BCUT2D eigenvalue weighted by atomic mass is 10.1. The minimum atomic E-state index is -4.33. The maximum Gasteiger partial charge on any atom is 0.411 e. The molecule has 0 aromatic heterocycles. The number of hydrogen-bond donors (Lipinski definition) is 2. The Labute approximate surface area is 173 Å². The number of guanidine groups is 1. The monoisotopic (exact) mass is 425 g/mol. The van der Waals surface area contributed by atoms with E-state index in [0.29, 0.717) is 42.5 Å². The summed E-state index contributed by atoms with van der Waals surface area (Å²) in [5, 5.41) is 3.01. The number of nitrogens with one attached hydrogen (secondary N) is 1. The molecule has 0 amide bonds. The van der Waals surface area contributed by atoms with Crippen molar-refractivity contribution in [1.82, 2.24) is 0 Å². The van der Waals surface area contributed by atoms with Gasteiger partial charge in [0.1, 0.15) is 18.1 Å². The highest BCUT2D eigenvalue weighted by atomic mass is 19.4. The van der Waals surface area contributed by atoms with Gasteiger partial charge in [0, 0.05) is 6.07 Å². The Kier molecular flexibility index (Phi) is 8.79. The molecular formula is C21H26F3N3O3. The number of nitrogens with two attached hydrogens (primary N) is 1. The number of rotatable bonds is 10. The Morgan fingerprint density at radius 2 is 1.67 bits per heavy atom. The fourth-order valence-corrected chi connectivity index (χ4v) is 2.52. The summed E-state index contributed by atoms with van der Waals surface area (Å²) >= 11 is 0. The molecule has 9 heteroatoms. The van der Waals surface area contributed by atoms with Gasteiger partial charge in [-0.15, -0.1) is 0 Å². The highest BCUT2D eigenvalue weighted by Gasteiger charge is 2.27. The van der Waals surface area contributed by atoms with Crippen molar-refractivity contribution in [3.8, 4) is 11.5 Å². The normalized spacial score (nSPS) is 12.0. The maximum absolute atomic E-state index is 12.1. The van der Waals surface area contributed by atoms with Gasteiger partial charge < -0.3 is 25.3 Å². The number of ether oxygens (including phenoxy) is 3. The lowest BCUT2D eigenvalue weighted by molar-refractivity contribution is -0.176. The first-order chi connectivity index (χ1) is 14.3. The Hall–Kier alpha value is -2.94. The molecule has 3 N–H and O–H groups in total. The predicted molar refractivity (Wildman–Crippen MR) is 110 cm³/mol. The number of nitrogens with zero attached hydrogens (tertiary/aromatic N) is 1. The van der Waals surface area contributed by atoms with Crippen LogP contribution in [0.4, 0.5) is 18.9 Å². The van der Waals surface area contributed by atoms with Crippen molar-refractivity contribution in [3.63, 3.8) is 0 Å². The molecule has 0 fully saturated rings. The van der Waals surface area contributed by atoms with E-state index in [1.807, 2.05) is 19.9 Å². The first-order valence-electron chi connectivity index (χ1n) is 9.49. The van der Waals surface area contributed by atoms with Gasteiger partial charge in [0.2, 0.25) is 0 Å². The van der Waals surface area contributed by atoms with Crippen molar-refractivity contribution in [2.24, 2.45) is 10.7 Å². The molecule has 0 unspecified atom stereocenters. The first-order valence-corrected chi connectivity index (χ1v) is 9.49. The third-order valence-corrected chi connectivity index (χ3v) is 3.81. The largest absolute Gasteiger partial charge is 0.494 e. The van der Waals surface area contributed by atoms with Crippen molar-refractivity contribution in [1.29, 1.82) is 0 Å². The molecule has 0 heterocycles. The fourth-order valence-electron chi connectivity index (χ4n) is 2.52. The molecule has 0 radical (unpaired) electrons. The highest BCUT2D eigenvalue weighted by molar-refractivity contribution is 5.94. The third kappa shape index (κ3) is 8.20. The Morgan fingerprint density at radius 1 is 1.00 bits per heavy atom. The van der Waals surface area contributed by atoms with Gasteiger partial charge in [-0.3, -0.25) is 0 Å². The molecule has 0 aliphatic rings. The van der Waals surface area contributed by atoms with E-state index in [1.165, 1.54) is 0 Å². The molecule has 2 aromatic rings. The summed E-state index contributed by atoms with van der Waals surface area (Å²) in [5.74, 6) is 1.50.